The summed E-state index contributed by atoms with van der Waals surface area (Å²) in [6, 6.07) is 0. The molecular weight excluding hydrogens is 266 g/mol. The van der Waals surface area contributed by atoms with Gasteiger partial charge in [-0.1, -0.05) is 5.16 Å². The zero-order valence-corrected chi connectivity index (χ0v) is 10.8. The van der Waals surface area contributed by atoms with Crippen LogP contribution in [-0.2, 0) is 25.7 Å². The van der Waals surface area contributed by atoms with Crippen LogP contribution in [0, 0.1) is 0 Å². The van der Waals surface area contributed by atoms with E-state index in [4.69, 9.17) is 8.94 Å². The molecule has 98 valence electrons. The lowest BCUT2D eigenvalue weighted by atomic mass is 10.2. The third-order valence-electron chi connectivity index (χ3n) is 2.55. The Bertz CT molecular complexity index is 552. The van der Waals surface area contributed by atoms with Crippen LogP contribution in [0.3, 0.4) is 0 Å². The van der Waals surface area contributed by atoms with Crippen LogP contribution in [0.15, 0.2) is 27.0 Å². The number of nitrogens with zero attached hydrogens (tertiary/aromatic N) is 5. The Balaban J connectivity index is 1.51. The lowest BCUT2D eigenvalue weighted by molar-refractivity contribution is 0.367. The van der Waals surface area contributed by atoms with Crippen LogP contribution in [0.25, 0.3) is 0 Å². The summed E-state index contributed by atoms with van der Waals surface area (Å²) in [5.41, 5.74) is 1.82. The molecule has 0 aliphatic carbocycles. The summed E-state index contributed by atoms with van der Waals surface area (Å²) in [5.74, 6) is 1.89. The van der Waals surface area contributed by atoms with Crippen LogP contribution in [0.5, 0.6) is 0 Å². The first-order valence-corrected chi connectivity index (χ1v) is 6.72. The van der Waals surface area contributed by atoms with E-state index in [1.807, 2.05) is 11.7 Å². The molecule has 0 saturated heterocycles. The molecule has 7 nitrogen and oxygen atoms in total. The van der Waals surface area contributed by atoms with Gasteiger partial charge in [0.25, 0.3) is 0 Å². The number of aryl methyl sites for hydroxylation is 4. The molecule has 19 heavy (non-hydrogen) atoms. The van der Waals surface area contributed by atoms with Crippen LogP contribution >= 0.6 is 11.3 Å². The summed E-state index contributed by atoms with van der Waals surface area (Å²) in [5, 5.41) is 11.4. The zero-order chi connectivity index (χ0) is 12.9. The minimum absolute atomic E-state index is 0.574. The molecule has 3 aromatic heterocycles. The molecule has 0 radical (unpaired) electrons. The molecule has 0 aromatic carbocycles. The van der Waals surface area contributed by atoms with E-state index in [9.17, 15) is 0 Å². The SMILES string of the molecule is c1nnc(CCc2nc(CCc3cncs3)no2)o1. The molecule has 0 amide bonds. The largest absolute Gasteiger partial charge is 0.428 e. The van der Waals surface area contributed by atoms with Gasteiger partial charge in [0.1, 0.15) is 0 Å². The number of hydrogen-bond acceptors (Lipinski definition) is 8. The average Bonchev–Trinajstić information content (AvgIpc) is 3.16. The lowest BCUT2D eigenvalue weighted by Gasteiger charge is -1.90. The summed E-state index contributed by atoms with van der Waals surface area (Å²) in [6.07, 6.45) is 6.02. The van der Waals surface area contributed by atoms with Crippen LogP contribution in [-0.4, -0.2) is 25.3 Å². The van der Waals surface area contributed by atoms with Crippen molar-refractivity contribution in [3.8, 4) is 0 Å². The maximum Gasteiger partial charge on any atom is 0.227 e. The van der Waals surface area contributed by atoms with E-state index in [2.05, 4.69) is 25.3 Å². The minimum atomic E-state index is 0.574. The molecule has 0 unspecified atom stereocenters. The van der Waals surface area contributed by atoms with Crippen molar-refractivity contribution in [2.75, 3.05) is 0 Å². The maximum absolute atomic E-state index is 5.17. The molecular formula is C11H11N5O2S. The highest BCUT2D eigenvalue weighted by atomic mass is 32.1. The Morgan fingerprint density at radius 1 is 1.11 bits per heavy atom. The maximum atomic E-state index is 5.17. The number of rotatable bonds is 6. The Morgan fingerprint density at radius 3 is 2.84 bits per heavy atom. The first-order chi connectivity index (χ1) is 9.40. The molecule has 0 aliphatic heterocycles. The minimum Gasteiger partial charge on any atom is -0.428 e. The van der Waals surface area contributed by atoms with Crippen molar-refractivity contribution < 1.29 is 8.94 Å². The van der Waals surface area contributed by atoms with Crippen LogP contribution in [0.1, 0.15) is 22.5 Å². The number of hydrogen-bond donors (Lipinski definition) is 0. The summed E-state index contributed by atoms with van der Waals surface area (Å²) in [7, 11) is 0. The van der Waals surface area contributed by atoms with Gasteiger partial charge in [0.05, 0.1) is 5.51 Å². The van der Waals surface area contributed by atoms with Crippen molar-refractivity contribution >= 4 is 11.3 Å². The first-order valence-electron chi connectivity index (χ1n) is 5.84. The Hall–Kier alpha value is -2.09. The van der Waals surface area contributed by atoms with Gasteiger partial charge in [-0.2, -0.15) is 4.98 Å². The lowest BCUT2D eigenvalue weighted by Crippen LogP contribution is -1.94. The highest BCUT2D eigenvalue weighted by Crippen LogP contribution is 2.10. The molecule has 0 spiro atoms. The molecule has 0 bridgehead atoms. The fourth-order valence-electron chi connectivity index (χ4n) is 1.61. The summed E-state index contributed by atoms with van der Waals surface area (Å²) < 4.78 is 10.2. The molecule has 0 fully saturated rings. The third-order valence-corrected chi connectivity index (χ3v) is 3.39. The summed E-state index contributed by atoms with van der Waals surface area (Å²) in [6.45, 7) is 0. The summed E-state index contributed by atoms with van der Waals surface area (Å²) in [4.78, 5) is 9.57. The van der Waals surface area contributed by atoms with E-state index in [1.165, 1.54) is 11.3 Å². The van der Waals surface area contributed by atoms with Crippen molar-refractivity contribution in [3.63, 3.8) is 0 Å². The topological polar surface area (TPSA) is 90.7 Å². The van der Waals surface area contributed by atoms with Crippen LogP contribution < -0.4 is 0 Å². The quantitative estimate of drug-likeness (QED) is 0.673. The fraction of sp³-hybridized carbons (Fsp3) is 0.364. The Labute approximate surface area is 112 Å². The highest BCUT2D eigenvalue weighted by Gasteiger charge is 2.09. The standard InChI is InChI=1S/C11H11N5O2S/c1(8-5-12-7-19-8)2-9-14-10(18-16-9)3-4-11-15-13-6-17-11/h5-7H,1-4H2. The molecule has 3 rings (SSSR count). The van der Waals surface area contributed by atoms with Crippen molar-refractivity contribution in [1.29, 1.82) is 0 Å². The van der Waals surface area contributed by atoms with E-state index in [1.54, 1.807) is 11.3 Å². The first kappa shape index (κ1) is 12.0. The van der Waals surface area contributed by atoms with Crippen molar-refractivity contribution in [2.45, 2.75) is 25.7 Å². The van der Waals surface area contributed by atoms with Gasteiger partial charge in [0.2, 0.25) is 18.2 Å². The van der Waals surface area contributed by atoms with E-state index in [0.717, 1.165) is 12.8 Å². The number of thiazole rings is 1. The van der Waals surface area contributed by atoms with Crippen molar-refractivity contribution in [2.24, 2.45) is 0 Å². The van der Waals surface area contributed by atoms with E-state index in [-0.39, 0.29) is 0 Å². The van der Waals surface area contributed by atoms with E-state index >= 15 is 0 Å². The molecule has 0 saturated carbocycles. The van der Waals surface area contributed by atoms with Gasteiger partial charge in [-0.15, -0.1) is 21.5 Å². The molecule has 0 N–H and O–H groups in total. The van der Waals surface area contributed by atoms with Crippen molar-refractivity contribution in [1.82, 2.24) is 25.3 Å². The molecule has 0 atom stereocenters. The second-order valence-corrected chi connectivity index (χ2v) is 4.88. The van der Waals surface area contributed by atoms with Crippen LogP contribution in [0.2, 0.25) is 0 Å². The number of aromatic nitrogens is 5. The zero-order valence-electron chi connectivity index (χ0n) is 10.0. The predicted molar refractivity (Wildman–Crippen MR) is 65.5 cm³/mol. The molecule has 0 aliphatic rings. The van der Waals surface area contributed by atoms with Crippen molar-refractivity contribution in [3.05, 3.63) is 40.6 Å². The highest BCUT2D eigenvalue weighted by molar-refractivity contribution is 7.09. The second-order valence-electron chi connectivity index (χ2n) is 3.90. The van der Waals surface area contributed by atoms with Gasteiger partial charge in [0.15, 0.2) is 5.82 Å². The average molecular weight is 277 g/mol. The van der Waals surface area contributed by atoms with E-state index < -0.39 is 0 Å². The van der Waals surface area contributed by atoms with Gasteiger partial charge in [0, 0.05) is 30.3 Å². The Kier molecular flexibility index (Phi) is 3.59. The third kappa shape index (κ3) is 3.22. The fourth-order valence-corrected chi connectivity index (χ4v) is 2.21. The molecule has 8 heteroatoms. The second kappa shape index (κ2) is 5.70. The monoisotopic (exact) mass is 277 g/mol. The molecule has 3 heterocycles. The van der Waals surface area contributed by atoms with Gasteiger partial charge in [-0.3, -0.25) is 4.98 Å². The van der Waals surface area contributed by atoms with Gasteiger partial charge in [-0.05, 0) is 6.42 Å². The normalized spacial score (nSPS) is 10.9. The van der Waals surface area contributed by atoms with Gasteiger partial charge in [-0.25, -0.2) is 0 Å². The molecule has 3 aromatic rings. The van der Waals surface area contributed by atoms with Gasteiger partial charge < -0.3 is 8.94 Å². The van der Waals surface area contributed by atoms with Gasteiger partial charge >= 0.3 is 0 Å². The summed E-state index contributed by atoms with van der Waals surface area (Å²) >= 11 is 1.63. The Morgan fingerprint density at radius 2 is 2.05 bits per heavy atom. The van der Waals surface area contributed by atoms with E-state index in [0.29, 0.717) is 30.4 Å². The predicted octanol–water partition coefficient (Wildman–Crippen LogP) is 1.48. The smallest absolute Gasteiger partial charge is 0.227 e. The van der Waals surface area contributed by atoms with Crippen LogP contribution in [0.4, 0.5) is 0 Å².